The number of amides is 1. The molecule has 26 heavy (non-hydrogen) atoms. The van der Waals surface area contributed by atoms with Crippen molar-refractivity contribution in [3.05, 3.63) is 34.9 Å². The van der Waals surface area contributed by atoms with Crippen LogP contribution in [-0.4, -0.2) is 37.3 Å². The van der Waals surface area contributed by atoms with Crippen molar-refractivity contribution in [3.63, 3.8) is 0 Å². The lowest BCUT2D eigenvalue weighted by molar-refractivity contribution is -0.127. The summed E-state index contributed by atoms with van der Waals surface area (Å²) in [4.78, 5) is 18.2. The highest BCUT2D eigenvalue weighted by molar-refractivity contribution is 5.79. The van der Waals surface area contributed by atoms with Gasteiger partial charge in [-0.2, -0.15) is 5.48 Å². The van der Waals surface area contributed by atoms with E-state index in [2.05, 4.69) is 46.7 Å². The molecule has 4 N–H and O–H groups in total. The van der Waals surface area contributed by atoms with E-state index < -0.39 is 0 Å². The van der Waals surface area contributed by atoms with Gasteiger partial charge in [0.05, 0.1) is 12.0 Å². The third-order valence-corrected chi connectivity index (χ3v) is 5.69. The SMILES string of the molecule is CCC1NC(c2ccc3c(c2)CC[C@H]3NC(=O)C2CCNN(C)C2)NO1. The molecule has 4 rings (SSSR count). The summed E-state index contributed by atoms with van der Waals surface area (Å²) in [6.07, 6.45) is 3.89. The number of hydrazine groups is 1. The predicted octanol–water partition coefficient (Wildman–Crippen LogP) is 1.11. The summed E-state index contributed by atoms with van der Waals surface area (Å²) in [5.74, 6) is 0.248. The fourth-order valence-electron chi connectivity index (χ4n) is 4.16. The van der Waals surface area contributed by atoms with Crippen LogP contribution in [-0.2, 0) is 16.1 Å². The fraction of sp³-hybridized carbons (Fsp3) is 0.632. The normalized spacial score (nSPS) is 31.8. The zero-order valence-electron chi connectivity index (χ0n) is 15.5. The molecule has 0 radical (unpaired) electrons. The Bertz CT molecular complexity index is 667. The van der Waals surface area contributed by atoms with Gasteiger partial charge in [0.1, 0.15) is 12.4 Å². The number of carbonyl (C=O) groups is 1. The van der Waals surface area contributed by atoms with E-state index in [1.165, 1.54) is 16.7 Å². The highest BCUT2D eigenvalue weighted by Crippen LogP contribution is 2.33. The average molecular weight is 359 g/mol. The summed E-state index contributed by atoms with van der Waals surface area (Å²) in [6, 6.07) is 6.68. The van der Waals surface area contributed by atoms with Crippen molar-refractivity contribution in [1.29, 1.82) is 0 Å². The van der Waals surface area contributed by atoms with Gasteiger partial charge in [-0.05, 0) is 42.4 Å². The number of nitrogens with zero attached hydrogens (tertiary/aromatic N) is 1. The topological polar surface area (TPSA) is 77.7 Å². The quantitative estimate of drug-likeness (QED) is 0.645. The molecule has 3 unspecified atom stereocenters. The largest absolute Gasteiger partial charge is 0.349 e. The average Bonchev–Trinajstić information content (AvgIpc) is 3.28. The van der Waals surface area contributed by atoms with Crippen LogP contribution in [0, 0.1) is 5.92 Å². The third kappa shape index (κ3) is 3.63. The van der Waals surface area contributed by atoms with E-state index in [4.69, 9.17) is 4.84 Å². The van der Waals surface area contributed by atoms with E-state index in [-0.39, 0.29) is 30.3 Å². The third-order valence-electron chi connectivity index (χ3n) is 5.69. The van der Waals surface area contributed by atoms with Gasteiger partial charge in [0.25, 0.3) is 0 Å². The first-order chi connectivity index (χ1) is 12.6. The maximum atomic E-state index is 12.7. The molecule has 4 atom stereocenters. The summed E-state index contributed by atoms with van der Waals surface area (Å²) >= 11 is 0. The van der Waals surface area contributed by atoms with Gasteiger partial charge in [0.15, 0.2) is 0 Å². The molecule has 0 saturated carbocycles. The fourth-order valence-corrected chi connectivity index (χ4v) is 4.16. The molecule has 0 bridgehead atoms. The van der Waals surface area contributed by atoms with Crippen molar-refractivity contribution in [1.82, 2.24) is 26.5 Å². The van der Waals surface area contributed by atoms with Crippen LogP contribution >= 0.6 is 0 Å². The Morgan fingerprint density at radius 1 is 1.38 bits per heavy atom. The maximum Gasteiger partial charge on any atom is 0.224 e. The highest BCUT2D eigenvalue weighted by atomic mass is 16.7. The second-order valence-electron chi connectivity index (χ2n) is 7.56. The van der Waals surface area contributed by atoms with Crippen molar-refractivity contribution < 1.29 is 9.63 Å². The van der Waals surface area contributed by atoms with E-state index in [1.807, 2.05) is 12.1 Å². The Morgan fingerprint density at radius 2 is 2.27 bits per heavy atom. The number of nitrogens with one attached hydrogen (secondary N) is 4. The minimum absolute atomic E-state index is 0.0316. The van der Waals surface area contributed by atoms with Gasteiger partial charge < -0.3 is 5.32 Å². The lowest BCUT2D eigenvalue weighted by atomic mass is 10.0. The summed E-state index contributed by atoms with van der Waals surface area (Å²) in [5, 5.41) is 8.72. The van der Waals surface area contributed by atoms with Crippen molar-refractivity contribution in [2.75, 3.05) is 20.1 Å². The van der Waals surface area contributed by atoms with Gasteiger partial charge in [0.2, 0.25) is 5.91 Å². The number of benzene rings is 1. The Balaban J connectivity index is 1.41. The molecular weight excluding hydrogens is 330 g/mol. The minimum Gasteiger partial charge on any atom is -0.349 e. The zero-order chi connectivity index (χ0) is 18.1. The van der Waals surface area contributed by atoms with Gasteiger partial charge in [-0.3, -0.25) is 20.4 Å². The smallest absolute Gasteiger partial charge is 0.224 e. The number of carbonyl (C=O) groups excluding carboxylic acids is 1. The van der Waals surface area contributed by atoms with Crippen LogP contribution in [0.2, 0.25) is 0 Å². The van der Waals surface area contributed by atoms with Crippen LogP contribution < -0.4 is 21.5 Å². The van der Waals surface area contributed by atoms with Crippen molar-refractivity contribution >= 4 is 5.91 Å². The van der Waals surface area contributed by atoms with Gasteiger partial charge in [0, 0.05) is 20.1 Å². The van der Waals surface area contributed by atoms with Crippen molar-refractivity contribution in [3.8, 4) is 0 Å². The van der Waals surface area contributed by atoms with E-state index in [0.29, 0.717) is 0 Å². The second kappa shape index (κ2) is 7.62. The molecular formula is C19H29N5O2. The summed E-state index contributed by atoms with van der Waals surface area (Å²) in [7, 11) is 1.99. The molecule has 3 aliphatic rings. The van der Waals surface area contributed by atoms with E-state index >= 15 is 0 Å². The van der Waals surface area contributed by atoms with Crippen molar-refractivity contribution in [2.24, 2.45) is 5.92 Å². The van der Waals surface area contributed by atoms with Crippen LogP contribution in [0.3, 0.4) is 0 Å². The van der Waals surface area contributed by atoms with Gasteiger partial charge in [-0.1, -0.05) is 25.1 Å². The predicted molar refractivity (Wildman–Crippen MR) is 98.6 cm³/mol. The molecule has 1 amide bonds. The van der Waals surface area contributed by atoms with Crippen LogP contribution in [0.15, 0.2) is 18.2 Å². The number of aryl methyl sites for hydroxylation is 1. The Hall–Kier alpha value is -1.51. The first kappa shape index (κ1) is 17.9. The van der Waals surface area contributed by atoms with Crippen LogP contribution in [0.5, 0.6) is 0 Å². The molecule has 2 fully saturated rings. The van der Waals surface area contributed by atoms with Crippen LogP contribution in [0.1, 0.15) is 55.1 Å². The van der Waals surface area contributed by atoms with Crippen LogP contribution in [0.4, 0.5) is 0 Å². The highest BCUT2D eigenvalue weighted by Gasteiger charge is 2.30. The zero-order valence-corrected chi connectivity index (χ0v) is 15.5. The van der Waals surface area contributed by atoms with Gasteiger partial charge in [-0.15, -0.1) is 0 Å². The number of hydroxylamine groups is 1. The Morgan fingerprint density at radius 3 is 3.04 bits per heavy atom. The molecule has 1 aliphatic carbocycles. The number of rotatable bonds is 4. The molecule has 7 heteroatoms. The molecule has 142 valence electrons. The van der Waals surface area contributed by atoms with Crippen molar-refractivity contribution in [2.45, 2.75) is 51.0 Å². The monoisotopic (exact) mass is 359 g/mol. The van der Waals surface area contributed by atoms with Gasteiger partial charge >= 0.3 is 0 Å². The minimum atomic E-state index is 0.0316. The Kier molecular flexibility index (Phi) is 5.24. The van der Waals surface area contributed by atoms with E-state index in [9.17, 15) is 4.79 Å². The molecule has 0 spiro atoms. The second-order valence-corrected chi connectivity index (χ2v) is 7.56. The van der Waals surface area contributed by atoms with Crippen LogP contribution in [0.25, 0.3) is 0 Å². The van der Waals surface area contributed by atoms with Gasteiger partial charge in [-0.25, -0.2) is 5.01 Å². The Labute approximate surface area is 154 Å². The van der Waals surface area contributed by atoms with E-state index in [0.717, 1.165) is 38.8 Å². The molecule has 1 aromatic rings. The van der Waals surface area contributed by atoms with E-state index in [1.54, 1.807) is 0 Å². The standard InChI is InChI=1S/C19H29N5O2/c1-3-17-22-18(23-26-17)13-4-6-15-12(10-13)5-7-16(15)21-19(25)14-8-9-20-24(2)11-14/h4,6,10,14,16-18,20,22-23H,3,5,7-9,11H2,1-2H3,(H,21,25)/t14?,16-,17?,18?/m1/s1. The first-order valence-corrected chi connectivity index (χ1v) is 9.69. The first-order valence-electron chi connectivity index (χ1n) is 9.69. The molecule has 1 aromatic carbocycles. The molecule has 2 heterocycles. The number of hydrogen-bond acceptors (Lipinski definition) is 6. The lowest BCUT2D eigenvalue weighted by Crippen LogP contribution is -2.49. The lowest BCUT2D eigenvalue weighted by Gasteiger charge is -2.30. The summed E-state index contributed by atoms with van der Waals surface area (Å²) in [5.41, 5.74) is 10.1. The summed E-state index contributed by atoms with van der Waals surface area (Å²) in [6.45, 7) is 3.72. The molecule has 2 aliphatic heterocycles. The summed E-state index contributed by atoms with van der Waals surface area (Å²) < 4.78 is 0. The number of hydrogen-bond donors (Lipinski definition) is 4. The molecule has 7 nitrogen and oxygen atoms in total. The number of fused-ring (bicyclic) bond motifs is 1. The maximum absolute atomic E-state index is 12.7. The molecule has 0 aromatic heterocycles. The molecule has 2 saturated heterocycles.